The van der Waals surface area contributed by atoms with Gasteiger partial charge in [0.05, 0.1) is 22.1 Å². The van der Waals surface area contributed by atoms with Crippen molar-refractivity contribution in [3.63, 3.8) is 0 Å². The van der Waals surface area contributed by atoms with Crippen LogP contribution in [-0.2, 0) is 9.47 Å². The van der Waals surface area contributed by atoms with Gasteiger partial charge in [0.15, 0.2) is 5.82 Å². The number of carbonyl (C=O) groups excluding carboxylic acids is 2. The molecule has 2 fully saturated rings. The summed E-state index contributed by atoms with van der Waals surface area (Å²) in [5.74, 6) is -0.557. The number of carbonyl (C=O) groups is 2. The quantitative estimate of drug-likeness (QED) is 0.221. The van der Waals surface area contributed by atoms with Gasteiger partial charge in [-0.1, -0.05) is 23.7 Å². The van der Waals surface area contributed by atoms with E-state index in [0.717, 1.165) is 17.5 Å². The molecule has 4 heterocycles. The maximum atomic E-state index is 16.4. The van der Waals surface area contributed by atoms with Crippen LogP contribution in [0.5, 0.6) is 0 Å². The van der Waals surface area contributed by atoms with Crippen molar-refractivity contribution in [1.82, 2.24) is 14.9 Å². The van der Waals surface area contributed by atoms with Gasteiger partial charge in [0, 0.05) is 34.1 Å². The Balaban J connectivity index is 1.36. The zero-order chi connectivity index (χ0) is 32.4. The van der Waals surface area contributed by atoms with Crippen LogP contribution in [0.15, 0.2) is 30.3 Å². The molecule has 2 bridgehead atoms. The number of piperazine rings is 1. The number of thiophene rings is 1. The number of nitrogens with one attached hydrogen (secondary N) is 1. The number of amides is 2. The van der Waals surface area contributed by atoms with E-state index >= 15 is 4.39 Å². The van der Waals surface area contributed by atoms with Gasteiger partial charge in [0.1, 0.15) is 22.5 Å². The van der Waals surface area contributed by atoms with E-state index in [4.69, 9.17) is 21.1 Å². The summed E-state index contributed by atoms with van der Waals surface area (Å²) < 4.78 is 43.2. The average Bonchev–Trinajstić information content (AvgIpc) is 3.44. The molecular weight excluding hydrogens is 624 g/mol. The van der Waals surface area contributed by atoms with Crippen LogP contribution >= 0.6 is 22.9 Å². The second-order valence-electron chi connectivity index (χ2n) is 13.4. The molecule has 2 aliphatic rings. The Morgan fingerprint density at radius 1 is 0.978 bits per heavy atom. The predicted molar refractivity (Wildman–Crippen MR) is 172 cm³/mol. The third-order valence-corrected chi connectivity index (χ3v) is 8.99. The van der Waals surface area contributed by atoms with Crippen molar-refractivity contribution < 1.29 is 27.8 Å². The largest absolute Gasteiger partial charge is 0.444 e. The zero-order valence-electron chi connectivity index (χ0n) is 25.8. The minimum Gasteiger partial charge on any atom is -0.444 e. The molecule has 13 heteroatoms. The highest BCUT2D eigenvalue weighted by molar-refractivity contribution is 7.23. The number of hydrogen-bond acceptors (Lipinski definition) is 8. The average molecular weight is 658 g/mol. The highest BCUT2D eigenvalue weighted by atomic mass is 35.5. The normalized spacial score (nSPS) is 18.5. The highest BCUT2D eigenvalue weighted by Crippen LogP contribution is 2.44. The van der Waals surface area contributed by atoms with Crippen LogP contribution in [0.25, 0.3) is 32.1 Å². The van der Waals surface area contributed by atoms with Crippen molar-refractivity contribution in [2.45, 2.75) is 77.7 Å². The number of anilines is 2. The van der Waals surface area contributed by atoms with E-state index in [1.807, 2.05) is 31.7 Å². The van der Waals surface area contributed by atoms with Crippen LogP contribution in [0.1, 0.15) is 54.4 Å². The van der Waals surface area contributed by atoms with Crippen LogP contribution in [0.3, 0.4) is 0 Å². The maximum Gasteiger partial charge on any atom is 0.412 e. The summed E-state index contributed by atoms with van der Waals surface area (Å²) in [6.45, 7) is 11.5. The van der Waals surface area contributed by atoms with E-state index in [2.05, 4.69) is 15.3 Å². The Kier molecular flexibility index (Phi) is 7.80. The molecule has 2 saturated heterocycles. The molecule has 2 aliphatic heterocycles. The minimum absolute atomic E-state index is 0.0650. The molecule has 0 unspecified atom stereocenters. The summed E-state index contributed by atoms with van der Waals surface area (Å²) in [6, 6.07) is 8.30. The minimum atomic E-state index is -1.07. The first kappa shape index (κ1) is 31.2. The number of aromatic nitrogens is 2. The van der Waals surface area contributed by atoms with Crippen LogP contribution in [0.4, 0.5) is 29.2 Å². The van der Waals surface area contributed by atoms with Crippen molar-refractivity contribution in [1.29, 1.82) is 0 Å². The van der Waals surface area contributed by atoms with E-state index in [1.54, 1.807) is 49.9 Å². The van der Waals surface area contributed by atoms with E-state index in [9.17, 15) is 14.0 Å². The van der Waals surface area contributed by atoms with Crippen molar-refractivity contribution in [2.24, 2.45) is 0 Å². The number of fused-ring (bicyclic) bond motifs is 4. The van der Waals surface area contributed by atoms with Gasteiger partial charge in [0.2, 0.25) is 0 Å². The topological polar surface area (TPSA) is 96.9 Å². The van der Waals surface area contributed by atoms with Gasteiger partial charge in [-0.3, -0.25) is 10.2 Å². The molecule has 0 aliphatic carbocycles. The van der Waals surface area contributed by atoms with Crippen molar-refractivity contribution >= 4 is 66.9 Å². The number of hydrogen-bond donors (Lipinski definition) is 1. The summed E-state index contributed by atoms with van der Waals surface area (Å²) in [6.07, 6.45) is -0.518. The molecule has 2 amide bonds. The van der Waals surface area contributed by atoms with Gasteiger partial charge in [-0.25, -0.2) is 14.0 Å². The van der Waals surface area contributed by atoms with Gasteiger partial charge in [-0.2, -0.15) is 14.4 Å². The van der Waals surface area contributed by atoms with Crippen LogP contribution in [0, 0.1) is 11.9 Å². The Morgan fingerprint density at radius 2 is 1.64 bits per heavy atom. The smallest absolute Gasteiger partial charge is 0.412 e. The molecule has 0 saturated carbocycles. The molecule has 2 atom stereocenters. The monoisotopic (exact) mass is 657 g/mol. The Labute approximate surface area is 268 Å². The molecular formula is C32H34ClF2N5O4S. The fourth-order valence-corrected chi connectivity index (χ4v) is 7.34. The van der Waals surface area contributed by atoms with E-state index < -0.39 is 29.2 Å². The molecule has 2 aromatic heterocycles. The number of rotatable bonds is 3. The molecule has 0 spiro atoms. The zero-order valence-corrected chi connectivity index (χ0v) is 27.4. The Morgan fingerprint density at radius 3 is 2.29 bits per heavy atom. The van der Waals surface area contributed by atoms with Gasteiger partial charge in [0.25, 0.3) is 0 Å². The van der Waals surface area contributed by atoms with Crippen LogP contribution in [0.2, 0.25) is 5.02 Å². The third-order valence-electron chi connectivity index (χ3n) is 7.68. The van der Waals surface area contributed by atoms with Crippen molar-refractivity contribution in [2.75, 3.05) is 23.3 Å². The molecule has 6 rings (SSSR count). The fourth-order valence-electron chi connectivity index (χ4n) is 6.07. The lowest BCUT2D eigenvalue weighted by Crippen LogP contribution is -2.57. The number of ether oxygens (including phenoxy) is 2. The van der Waals surface area contributed by atoms with Crippen LogP contribution in [-0.4, -0.2) is 63.4 Å². The number of benzene rings is 2. The first-order valence-corrected chi connectivity index (χ1v) is 15.9. The lowest BCUT2D eigenvalue weighted by Gasteiger charge is -2.42. The van der Waals surface area contributed by atoms with Gasteiger partial charge < -0.3 is 14.4 Å². The highest BCUT2D eigenvalue weighted by Gasteiger charge is 2.45. The summed E-state index contributed by atoms with van der Waals surface area (Å²) >= 11 is 8.09. The number of nitrogens with zero attached hydrogens (tertiary/aromatic N) is 4. The molecule has 45 heavy (non-hydrogen) atoms. The summed E-state index contributed by atoms with van der Waals surface area (Å²) in [5.41, 5.74) is -0.965. The Hall–Kier alpha value is -3.77. The third kappa shape index (κ3) is 6.22. The molecule has 4 aromatic rings. The SMILES string of the molecule is CC(C)(C)OC(=O)Nc1cc2c(-c3c(Cl)cc4c(N5C[C@H]6CC[C@@H](C5)N6C(=O)OC(C)(C)C)nc(F)nc4c3F)cccc2s1. The van der Waals surface area contributed by atoms with Gasteiger partial charge in [-0.05, 0) is 78.1 Å². The van der Waals surface area contributed by atoms with Gasteiger partial charge >= 0.3 is 18.3 Å². The predicted octanol–water partition coefficient (Wildman–Crippen LogP) is 8.38. The molecule has 2 aromatic carbocycles. The van der Waals surface area contributed by atoms with Gasteiger partial charge in [-0.15, -0.1) is 11.3 Å². The standard InChI is InChI=1S/C32H34ClF2N5O4S/c1-31(2,3)43-29(41)36-23-13-19-18(8-7-9-22(19)45-23)24-21(33)12-20-26(25(24)34)37-28(35)38-27(20)39-14-16-10-11-17(15-39)40(16)30(42)44-32(4,5)6/h7-9,12-13,16-17H,10-11,14-15H2,1-6H3,(H,36,41)/t16-,17+. The molecule has 1 N–H and O–H groups in total. The van der Waals surface area contributed by atoms with Crippen molar-refractivity contribution in [3.8, 4) is 11.1 Å². The number of halogens is 3. The summed E-state index contributed by atoms with van der Waals surface area (Å²) in [7, 11) is 0. The summed E-state index contributed by atoms with van der Waals surface area (Å²) in [4.78, 5) is 36.9. The summed E-state index contributed by atoms with van der Waals surface area (Å²) in [5, 5.41) is 4.28. The lowest BCUT2D eigenvalue weighted by atomic mass is 9.99. The van der Waals surface area contributed by atoms with E-state index in [0.29, 0.717) is 29.0 Å². The van der Waals surface area contributed by atoms with E-state index in [1.165, 1.54) is 11.3 Å². The second-order valence-corrected chi connectivity index (χ2v) is 14.9. The first-order valence-electron chi connectivity index (χ1n) is 14.7. The van der Waals surface area contributed by atoms with Crippen molar-refractivity contribution in [3.05, 3.63) is 47.2 Å². The maximum absolute atomic E-state index is 16.4. The molecule has 9 nitrogen and oxygen atoms in total. The molecule has 238 valence electrons. The van der Waals surface area contributed by atoms with Crippen LogP contribution < -0.4 is 10.2 Å². The van der Waals surface area contributed by atoms with E-state index in [-0.39, 0.29) is 45.5 Å². The first-order chi connectivity index (χ1) is 21.1. The fraction of sp³-hybridized carbons (Fsp3) is 0.438. The second kappa shape index (κ2) is 11.2. The lowest BCUT2D eigenvalue weighted by molar-refractivity contribution is 0.0122. The molecule has 0 radical (unpaired) electrons. The Bertz CT molecular complexity index is 1820.